The Kier molecular flexibility index (Phi) is 5.27. The molecule has 25 heavy (non-hydrogen) atoms. The molecule has 1 aromatic carbocycles. The molecule has 130 valence electrons. The summed E-state index contributed by atoms with van der Waals surface area (Å²) in [6.07, 6.45) is 2.32. The summed E-state index contributed by atoms with van der Waals surface area (Å²) in [5, 5.41) is 21.4. The molecule has 0 aliphatic rings. The molecule has 0 aliphatic heterocycles. The Labute approximate surface area is 144 Å². The number of aliphatic hydroxyl groups is 1. The van der Waals surface area contributed by atoms with E-state index in [1.54, 1.807) is 36.8 Å². The summed E-state index contributed by atoms with van der Waals surface area (Å²) in [6.45, 7) is 1.25. The fourth-order valence-corrected chi connectivity index (χ4v) is 2.63. The Morgan fingerprint density at radius 1 is 1.04 bits per heavy atom. The van der Waals surface area contributed by atoms with Gasteiger partial charge in [-0.1, -0.05) is 12.1 Å². The van der Waals surface area contributed by atoms with Crippen molar-refractivity contribution in [2.24, 2.45) is 0 Å². The maximum absolute atomic E-state index is 10.9. The average Bonchev–Trinajstić information content (AvgIpc) is 3.29. The smallest absolute Gasteiger partial charge is 0.269 e. The summed E-state index contributed by atoms with van der Waals surface area (Å²) >= 11 is 0. The van der Waals surface area contributed by atoms with Crippen LogP contribution in [0.4, 0.5) is 5.69 Å². The monoisotopic (exact) mass is 342 g/mol. The molecule has 0 saturated heterocycles. The van der Waals surface area contributed by atoms with E-state index in [9.17, 15) is 15.2 Å². The number of benzene rings is 1. The lowest BCUT2D eigenvalue weighted by molar-refractivity contribution is -0.385. The lowest BCUT2D eigenvalue weighted by Gasteiger charge is -2.23. The molecule has 0 fully saturated rings. The molecule has 3 aromatic rings. The van der Waals surface area contributed by atoms with E-state index in [1.807, 2.05) is 17.0 Å². The number of rotatable bonds is 8. The Balaban J connectivity index is 1.74. The minimum atomic E-state index is -0.871. The highest BCUT2D eigenvalue weighted by Gasteiger charge is 2.18. The molecular weight excluding hydrogens is 324 g/mol. The summed E-state index contributed by atoms with van der Waals surface area (Å²) in [5.74, 6) is 1.52. The fourth-order valence-electron chi connectivity index (χ4n) is 2.63. The third-order valence-corrected chi connectivity index (χ3v) is 3.82. The van der Waals surface area contributed by atoms with Crippen molar-refractivity contribution in [3.63, 3.8) is 0 Å². The number of nitrogens with zero attached hydrogens (tertiary/aromatic N) is 2. The van der Waals surface area contributed by atoms with E-state index in [-0.39, 0.29) is 12.2 Å². The number of nitro benzene ring substituents is 1. The highest BCUT2D eigenvalue weighted by molar-refractivity contribution is 5.35. The third-order valence-electron chi connectivity index (χ3n) is 3.82. The van der Waals surface area contributed by atoms with E-state index in [4.69, 9.17) is 8.83 Å². The van der Waals surface area contributed by atoms with Crippen LogP contribution in [0.2, 0.25) is 0 Å². The van der Waals surface area contributed by atoms with Crippen LogP contribution in [0, 0.1) is 10.1 Å². The van der Waals surface area contributed by atoms with Gasteiger partial charge in [0.2, 0.25) is 0 Å². The van der Waals surface area contributed by atoms with Crippen LogP contribution >= 0.6 is 0 Å². The number of hydrogen-bond donors (Lipinski definition) is 1. The summed E-state index contributed by atoms with van der Waals surface area (Å²) in [7, 11) is 0. The number of hydrogen-bond acceptors (Lipinski definition) is 6. The van der Waals surface area contributed by atoms with Crippen molar-refractivity contribution in [2.45, 2.75) is 19.2 Å². The van der Waals surface area contributed by atoms with Gasteiger partial charge in [-0.3, -0.25) is 15.0 Å². The van der Waals surface area contributed by atoms with E-state index in [1.165, 1.54) is 12.1 Å². The molecule has 7 heteroatoms. The molecule has 7 nitrogen and oxygen atoms in total. The van der Waals surface area contributed by atoms with E-state index >= 15 is 0 Å². The fraction of sp³-hybridized carbons (Fsp3) is 0.222. The highest BCUT2D eigenvalue weighted by Crippen LogP contribution is 2.22. The van der Waals surface area contributed by atoms with Gasteiger partial charge in [0.1, 0.15) is 11.5 Å². The van der Waals surface area contributed by atoms with Crippen LogP contribution < -0.4 is 0 Å². The van der Waals surface area contributed by atoms with Crippen LogP contribution in [0.1, 0.15) is 23.2 Å². The van der Waals surface area contributed by atoms with E-state index in [2.05, 4.69) is 0 Å². The molecule has 0 amide bonds. The van der Waals surface area contributed by atoms with Crippen molar-refractivity contribution in [3.05, 3.63) is 88.3 Å². The van der Waals surface area contributed by atoms with Gasteiger partial charge < -0.3 is 13.9 Å². The molecule has 0 radical (unpaired) electrons. The van der Waals surface area contributed by atoms with Gasteiger partial charge in [0.05, 0.1) is 36.6 Å². The maximum atomic E-state index is 10.9. The molecule has 1 unspecified atom stereocenters. The minimum absolute atomic E-state index is 0.0415. The van der Waals surface area contributed by atoms with E-state index in [0.29, 0.717) is 18.7 Å². The summed E-state index contributed by atoms with van der Waals surface area (Å²) in [5.41, 5.74) is 0.457. The normalized spacial score (nSPS) is 12.4. The average molecular weight is 342 g/mol. The predicted octanol–water partition coefficient (Wildman–Crippen LogP) is 3.52. The molecule has 3 rings (SSSR count). The first-order valence-electron chi connectivity index (χ1n) is 7.81. The molecule has 0 bridgehead atoms. The van der Waals surface area contributed by atoms with Crippen LogP contribution in [0.15, 0.2) is 69.9 Å². The number of aliphatic hydroxyl groups excluding tert-OH is 1. The lowest BCUT2D eigenvalue weighted by Crippen LogP contribution is -2.27. The zero-order valence-corrected chi connectivity index (χ0v) is 13.4. The Morgan fingerprint density at radius 3 is 2.20 bits per heavy atom. The first-order valence-corrected chi connectivity index (χ1v) is 7.81. The summed E-state index contributed by atoms with van der Waals surface area (Å²) in [4.78, 5) is 12.4. The Hall–Kier alpha value is -2.90. The zero-order chi connectivity index (χ0) is 17.6. The number of non-ortho nitro benzene ring substituents is 1. The van der Waals surface area contributed by atoms with Gasteiger partial charge in [0.15, 0.2) is 0 Å². The maximum Gasteiger partial charge on any atom is 0.269 e. The lowest BCUT2D eigenvalue weighted by atomic mass is 10.1. The van der Waals surface area contributed by atoms with E-state index in [0.717, 1.165) is 11.5 Å². The largest absolute Gasteiger partial charge is 0.468 e. The quantitative estimate of drug-likeness (QED) is 0.497. The molecule has 0 saturated carbocycles. The first-order chi connectivity index (χ1) is 12.1. The van der Waals surface area contributed by atoms with Crippen LogP contribution in [-0.2, 0) is 13.1 Å². The molecule has 2 aromatic heterocycles. The summed E-state index contributed by atoms with van der Waals surface area (Å²) in [6, 6.07) is 13.4. The predicted molar refractivity (Wildman–Crippen MR) is 89.6 cm³/mol. The SMILES string of the molecule is O=[N+]([O-])c1cccc(C(O)CN(Cc2ccco2)Cc2ccco2)c1. The van der Waals surface area contributed by atoms with Crippen molar-refractivity contribution < 1.29 is 18.9 Å². The number of furan rings is 2. The van der Waals surface area contributed by atoms with Crippen molar-refractivity contribution in [3.8, 4) is 0 Å². The Bertz CT molecular complexity index is 763. The van der Waals surface area contributed by atoms with Gasteiger partial charge in [-0.05, 0) is 29.8 Å². The molecule has 2 heterocycles. The van der Waals surface area contributed by atoms with Gasteiger partial charge in [0, 0.05) is 18.7 Å². The van der Waals surface area contributed by atoms with Crippen LogP contribution in [0.3, 0.4) is 0 Å². The third kappa shape index (κ3) is 4.56. The van der Waals surface area contributed by atoms with Crippen LogP contribution in [0.25, 0.3) is 0 Å². The second-order valence-electron chi connectivity index (χ2n) is 5.70. The standard InChI is InChI=1S/C18H18N2O5/c21-18(14-4-1-5-15(10-14)20(22)23)13-19(11-16-6-2-8-24-16)12-17-7-3-9-25-17/h1-10,18,21H,11-13H2. The zero-order valence-electron chi connectivity index (χ0n) is 13.4. The van der Waals surface area contributed by atoms with Crippen molar-refractivity contribution >= 4 is 5.69 Å². The second-order valence-corrected chi connectivity index (χ2v) is 5.70. The topological polar surface area (TPSA) is 92.9 Å². The molecule has 1 atom stereocenters. The minimum Gasteiger partial charge on any atom is -0.468 e. The number of nitro groups is 1. The van der Waals surface area contributed by atoms with Gasteiger partial charge in [-0.25, -0.2) is 0 Å². The van der Waals surface area contributed by atoms with Crippen LogP contribution in [-0.4, -0.2) is 21.5 Å². The van der Waals surface area contributed by atoms with Gasteiger partial charge >= 0.3 is 0 Å². The molecular formula is C18H18N2O5. The van der Waals surface area contributed by atoms with Gasteiger partial charge in [-0.2, -0.15) is 0 Å². The summed E-state index contributed by atoms with van der Waals surface area (Å²) < 4.78 is 10.8. The van der Waals surface area contributed by atoms with Gasteiger partial charge in [0.25, 0.3) is 5.69 Å². The molecule has 0 spiro atoms. The van der Waals surface area contributed by atoms with Crippen LogP contribution in [0.5, 0.6) is 0 Å². The molecule has 1 N–H and O–H groups in total. The second kappa shape index (κ2) is 7.78. The first kappa shape index (κ1) is 16.9. The van der Waals surface area contributed by atoms with Crippen molar-refractivity contribution in [2.75, 3.05) is 6.54 Å². The highest BCUT2D eigenvalue weighted by atomic mass is 16.6. The van der Waals surface area contributed by atoms with Gasteiger partial charge in [-0.15, -0.1) is 0 Å². The Morgan fingerprint density at radius 2 is 1.68 bits per heavy atom. The van der Waals surface area contributed by atoms with Crippen molar-refractivity contribution in [1.82, 2.24) is 4.90 Å². The molecule has 0 aliphatic carbocycles. The van der Waals surface area contributed by atoms with E-state index < -0.39 is 11.0 Å². The van der Waals surface area contributed by atoms with Crippen molar-refractivity contribution in [1.29, 1.82) is 0 Å².